The van der Waals surface area contributed by atoms with Crippen molar-refractivity contribution in [2.45, 2.75) is 19.8 Å². The first-order valence-corrected chi connectivity index (χ1v) is 7.72. The van der Waals surface area contributed by atoms with Gasteiger partial charge in [0.1, 0.15) is 6.26 Å². The van der Waals surface area contributed by atoms with Crippen LogP contribution in [0.1, 0.15) is 17.7 Å². The summed E-state index contributed by atoms with van der Waals surface area (Å²) in [6.45, 7) is 4.36. The molecule has 2 aromatic rings. The molecular weight excluding hydrogens is 314 g/mol. The van der Waals surface area contributed by atoms with E-state index < -0.39 is 0 Å². The zero-order valence-electron chi connectivity index (χ0n) is 13.2. The number of hydrogen-bond acceptors (Lipinski definition) is 4. The van der Waals surface area contributed by atoms with Crippen LogP contribution in [-0.2, 0) is 11.2 Å². The lowest BCUT2D eigenvalue weighted by molar-refractivity contribution is -0.124. The third-order valence-corrected chi connectivity index (χ3v) is 3.96. The van der Waals surface area contributed by atoms with Crippen molar-refractivity contribution in [3.8, 4) is 11.5 Å². The first kappa shape index (κ1) is 17.5. The molecule has 1 fully saturated rings. The lowest BCUT2D eigenvalue weighted by Gasteiger charge is -2.08. The van der Waals surface area contributed by atoms with Gasteiger partial charge in [-0.2, -0.15) is 0 Å². The molecular formula is C17H22ClN3O2. The zero-order chi connectivity index (χ0) is 15.4. The Morgan fingerprint density at radius 3 is 2.87 bits per heavy atom. The average molecular weight is 336 g/mol. The summed E-state index contributed by atoms with van der Waals surface area (Å²) in [7, 11) is 0. The van der Waals surface area contributed by atoms with E-state index in [1.807, 2.05) is 31.2 Å². The van der Waals surface area contributed by atoms with Crippen LogP contribution in [0.25, 0.3) is 11.5 Å². The van der Waals surface area contributed by atoms with Crippen molar-refractivity contribution in [2.24, 2.45) is 5.92 Å². The van der Waals surface area contributed by atoms with E-state index >= 15 is 0 Å². The first-order valence-electron chi connectivity index (χ1n) is 7.72. The van der Waals surface area contributed by atoms with Gasteiger partial charge in [0.2, 0.25) is 11.8 Å². The van der Waals surface area contributed by atoms with Crippen LogP contribution in [0.3, 0.4) is 0 Å². The molecule has 3 rings (SSSR count). The number of carbonyl (C=O) groups is 1. The van der Waals surface area contributed by atoms with Crippen LogP contribution in [0.15, 0.2) is 34.9 Å². The number of halogens is 1. The molecule has 1 atom stereocenters. The number of rotatable bonds is 5. The fourth-order valence-electron chi connectivity index (χ4n) is 2.59. The van der Waals surface area contributed by atoms with Gasteiger partial charge < -0.3 is 15.1 Å². The summed E-state index contributed by atoms with van der Waals surface area (Å²) in [5.74, 6) is 0.869. The first-order chi connectivity index (χ1) is 10.7. The Morgan fingerprint density at radius 1 is 1.39 bits per heavy atom. The molecule has 1 aromatic heterocycles. The Labute approximate surface area is 142 Å². The number of aryl methyl sites for hydroxylation is 1. The van der Waals surface area contributed by atoms with Crippen LogP contribution in [-0.4, -0.2) is 30.5 Å². The number of aromatic nitrogens is 1. The van der Waals surface area contributed by atoms with Crippen molar-refractivity contribution in [1.82, 2.24) is 15.6 Å². The van der Waals surface area contributed by atoms with E-state index in [1.54, 1.807) is 6.26 Å². The van der Waals surface area contributed by atoms with Gasteiger partial charge in [0.15, 0.2) is 0 Å². The maximum absolute atomic E-state index is 11.9. The normalized spacial score (nSPS) is 16.8. The molecule has 1 amide bonds. The number of hydrogen-bond donors (Lipinski definition) is 2. The third kappa shape index (κ3) is 4.56. The molecule has 0 spiro atoms. The zero-order valence-corrected chi connectivity index (χ0v) is 14.0. The molecule has 1 aliphatic heterocycles. The number of benzene rings is 1. The van der Waals surface area contributed by atoms with E-state index in [-0.39, 0.29) is 24.2 Å². The third-order valence-electron chi connectivity index (χ3n) is 3.96. The molecule has 5 nitrogen and oxygen atoms in total. The Bertz CT molecular complexity index is 634. The highest BCUT2D eigenvalue weighted by Crippen LogP contribution is 2.19. The molecule has 0 saturated carbocycles. The summed E-state index contributed by atoms with van der Waals surface area (Å²) in [5.41, 5.74) is 3.04. The van der Waals surface area contributed by atoms with Gasteiger partial charge in [0.25, 0.3) is 0 Å². The van der Waals surface area contributed by atoms with Gasteiger partial charge in [-0.3, -0.25) is 4.79 Å². The van der Waals surface area contributed by atoms with Gasteiger partial charge >= 0.3 is 0 Å². The highest BCUT2D eigenvalue weighted by atomic mass is 35.5. The highest BCUT2D eigenvalue weighted by molar-refractivity contribution is 5.85. The second kappa shape index (κ2) is 8.13. The molecule has 23 heavy (non-hydrogen) atoms. The minimum Gasteiger partial charge on any atom is -0.444 e. The molecule has 2 N–H and O–H groups in total. The summed E-state index contributed by atoms with van der Waals surface area (Å²) >= 11 is 0. The molecule has 1 aliphatic rings. The van der Waals surface area contributed by atoms with Gasteiger partial charge in [-0.1, -0.05) is 17.7 Å². The lowest BCUT2D eigenvalue weighted by Crippen LogP contribution is -2.33. The fourth-order valence-corrected chi connectivity index (χ4v) is 2.59. The summed E-state index contributed by atoms with van der Waals surface area (Å²) in [5, 5.41) is 6.17. The topological polar surface area (TPSA) is 67.2 Å². The summed E-state index contributed by atoms with van der Waals surface area (Å²) < 4.78 is 5.51. The molecule has 6 heteroatoms. The minimum absolute atomic E-state index is 0. The van der Waals surface area contributed by atoms with Gasteiger partial charge in [0, 0.05) is 25.1 Å². The van der Waals surface area contributed by atoms with Crippen LogP contribution in [0, 0.1) is 12.8 Å². The van der Waals surface area contributed by atoms with Gasteiger partial charge in [0.05, 0.1) is 11.6 Å². The minimum atomic E-state index is 0. The largest absolute Gasteiger partial charge is 0.444 e. The van der Waals surface area contributed by atoms with E-state index in [4.69, 9.17) is 4.42 Å². The van der Waals surface area contributed by atoms with Gasteiger partial charge in [-0.25, -0.2) is 4.98 Å². The monoisotopic (exact) mass is 335 g/mol. The van der Waals surface area contributed by atoms with Crippen LogP contribution < -0.4 is 10.6 Å². The van der Waals surface area contributed by atoms with E-state index in [0.717, 1.165) is 30.8 Å². The second-order valence-corrected chi connectivity index (χ2v) is 5.74. The SMILES string of the molecule is Cc1ccc(-c2nc(CCNC(=O)C3CCNC3)co2)cc1.Cl. The Kier molecular flexibility index (Phi) is 6.19. The van der Waals surface area contributed by atoms with E-state index in [1.165, 1.54) is 5.56 Å². The van der Waals surface area contributed by atoms with Gasteiger partial charge in [-0.05, 0) is 32.0 Å². The molecule has 0 aliphatic carbocycles. The van der Waals surface area contributed by atoms with Crippen molar-refractivity contribution in [1.29, 1.82) is 0 Å². The lowest BCUT2D eigenvalue weighted by atomic mass is 10.1. The average Bonchev–Trinajstić information content (AvgIpc) is 3.19. The van der Waals surface area contributed by atoms with E-state index in [2.05, 4.69) is 15.6 Å². The fraction of sp³-hybridized carbons (Fsp3) is 0.412. The molecule has 0 radical (unpaired) electrons. The summed E-state index contributed by atoms with van der Waals surface area (Å²) in [6, 6.07) is 8.07. The second-order valence-electron chi connectivity index (χ2n) is 5.74. The van der Waals surface area contributed by atoms with Gasteiger partial charge in [-0.15, -0.1) is 12.4 Å². The molecule has 1 aromatic carbocycles. The van der Waals surface area contributed by atoms with Crippen molar-refractivity contribution < 1.29 is 9.21 Å². The van der Waals surface area contributed by atoms with Crippen LogP contribution in [0.5, 0.6) is 0 Å². The molecule has 0 bridgehead atoms. The number of carbonyl (C=O) groups excluding carboxylic acids is 1. The maximum Gasteiger partial charge on any atom is 0.226 e. The number of nitrogens with zero attached hydrogens (tertiary/aromatic N) is 1. The van der Waals surface area contributed by atoms with E-state index in [0.29, 0.717) is 18.9 Å². The molecule has 2 heterocycles. The highest BCUT2D eigenvalue weighted by Gasteiger charge is 2.21. The molecule has 1 unspecified atom stereocenters. The smallest absolute Gasteiger partial charge is 0.226 e. The molecule has 1 saturated heterocycles. The van der Waals surface area contributed by atoms with Crippen LogP contribution in [0.4, 0.5) is 0 Å². The van der Waals surface area contributed by atoms with Crippen molar-refractivity contribution in [3.63, 3.8) is 0 Å². The van der Waals surface area contributed by atoms with Crippen molar-refractivity contribution >= 4 is 18.3 Å². The molecule has 124 valence electrons. The summed E-state index contributed by atoms with van der Waals surface area (Å²) in [6.07, 6.45) is 3.27. The number of nitrogens with one attached hydrogen (secondary N) is 2. The maximum atomic E-state index is 11.9. The van der Waals surface area contributed by atoms with Crippen molar-refractivity contribution in [3.05, 3.63) is 41.8 Å². The Morgan fingerprint density at radius 2 is 2.17 bits per heavy atom. The number of amides is 1. The predicted octanol–water partition coefficient (Wildman–Crippen LogP) is 2.34. The van der Waals surface area contributed by atoms with Crippen LogP contribution in [0.2, 0.25) is 0 Å². The Hall–Kier alpha value is -1.85. The Balaban J connectivity index is 0.00000192. The quantitative estimate of drug-likeness (QED) is 0.880. The number of oxazole rings is 1. The van der Waals surface area contributed by atoms with Crippen LogP contribution >= 0.6 is 12.4 Å². The predicted molar refractivity (Wildman–Crippen MR) is 91.6 cm³/mol. The standard InChI is InChI=1S/C17H21N3O2.ClH/c1-12-2-4-13(5-3-12)17-20-15(11-22-17)7-9-19-16(21)14-6-8-18-10-14;/h2-5,11,14,18H,6-10H2,1H3,(H,19,21);1H. The van der Waals surface area contributed by atoms with Crippen molar-refractivity contribution in [2.75, 3.05) is 19.6 Å². The van der Waals surface area contributed by atoms with E-state index in [9.17, 15) is 4.79 Å². The summed E-state index contributed by atoms with van der Waals surface area (Å²) in [4.78, 5) is 16.4.